The number of benzene rings is 1. The van der Waals surface area contributed by atoms with Crippen molar-refractivity contribution in [2.45, 2.75) is 31.7 Å². The quantitative estimate of drug-likeness (QED) is 0.794. The van der Waals surface area contributed by atoms with Crippen LogP contribution in [0, 0.1) is 0 Å². The van der Waals surface area contributed by atoms with Gasteiger partial charge in [-0.3, -0.25) is 0 Å². The van der Waals surface area contributed by atoms with Gasteiger partial charge in [-0.1, -0.05) is 29.3 Å². The highest BCUT2D eigenvalue weighted by atomic mass is 79.9. The molecule has 2 rings (SSSR count). The lowest BCUT2D eigenvalue weighted by atomic mass is 9.90. The van der Waals surface area contributed by atoms with E-state index in [-0.39, 0.29) is 6.04 Å². The number of halogens is 2. The number of hydrogen-bond donors (Lipinski definition) is 1. The SMILES string of the molecule is NC(C1=CCCCC1)c1ccc(Cl)c(Br)c1. The molecule has 1 aliphatic rings. The van der Waals surface area contributed by atoms with Gasteiger partial charge >= 0.3 is 0 Å². The minimum absolute atomic E-state index is 0.0221. The molecule has 3 heteroatoms. The van der Waals surface area contributed by atoms with E-state index in [2.05, 4.69) is 22.0 Å². The summed E-state index contributed by atoms with van der Waals surface area (Å²) in [4.78, 5) is 0. The minimum Gasteiger partial charge on any atom is -0.321 e. The Balaban J connectivity index is 2.22. The first-order valence-corrected chi connectivity index (χ1v) is 6.75. The van der Waals surface area contributed by atoms with Crippen molar-refractivity contribution in [2.24, 2.45) is 5.73 Å². The second-order valence-electron chi connectivity index (χ2n) is 4.18. The minimum atomic E-state index is 0.0221. The molecule has 0 saturated carbocycles. The third-order valence-corrected chi connectivity index (χ3v) is 4.24. The summed E-state index contributed by atoms with van der Waals surface area (Å²) in [7, 11) is 0. The van der Waals surface area contributed by atoms with Crippen molar-refractivity contribution < 1.29 is 0 Å². The molecule has 0 spiro atoms. The van der Waals surface area contributed by atoms with Crippen molar-refractivity contribution in [2.75, 3.05) is 0 Å². The molecule has 1 aromatic carbocycles. The molecule has 1 nitrogen and oxygen atoms in total. The van der Waals surface area contributed by atoms with Gasteiger partial charge in [0.2, 0.25) is 0 Å². The molecule has 0 aromatic heterocycles. The third kappa shape index (κ3) is 2.68. The van der Waals surface area contributed by atoms with Crippen LogP contribution in [0.1, 0.15) is 37.3 Å². The fraction of sp³-hybridized carbons (Fsp3) is 0.385. The second kappa shape index (κ2) is 5.35. The molecule has 0 fully saturated rings. The van der Waals surface area contributed by atoms with E-state index in [4.69, 9.17) is 17.3 Å². The van der Waals surface area contributed by atoms with Crippen LogP contribution in [0.5, 0.6) is 0 Å². The van der Waals surface area contributed by atoms with Gasteiger partial charge in [0.1, 0.15) is 0 Å². The molecule has 0 saturated heterocycles. The van der Waals surface area contributed by atoms with Gasteiger partial charge in [-0.2, -0.15) is 0 Å². The zero-order valence-electron chi connectivity index (χ0n) is 9.05. The molecule has 0 amide bonds. The van der Waals surface area contributed by atoms with Crippen molar-refractivity contribution in [3.8, 4) is 0 Å². The summed E-state index contributed by atoms with van der Waals surface area (Å²) in [6, 6.07) is 5.94. The van der Waals surface area contributed by atoms with Gasteiger partial charge in [-0.15, -0.1) is 0 Å². The van der Waals surface area contributed by atoms with Gasteiger partial charge in [0.15, 0.2) is 0 Å². The van der Waals surface area contributed by atoms with Crippen LogP contribution in [-0.2, 0) is 0 Å². The Labute approximate surface area is 110 Å². The molecule has 0 radical (unpaired) electrons. The summed E-state index contributed by atoms with van der Waals surface area (Å²) in [6.07, 6.45) is 7.13. The van der Waals surface area contributed by atoms with E-state index in [0.29, 0.717) is 0 Å². The lowest BCUT2D eigenvalue weighted by Gasteiger charge is -2.20. The van der Waals surface area contributed by atoms with Gasteiger partial charge in [-0.25, -0.2) is 0 Å². The third-order valence-electron chi connectivity index (χ3n) is 3.03. The smallest absolute Gasteiger partial charge is 0.0548 e. The van der Waals surface area contributed by atoms with Crippen molar-refractivity contribution >= 4 is 27.5 Å². The van der Waals surface area contributed by atoms with Crippen molar-refractivity contribution in [1.29, 1.82) is 0 Å². The van der Waals surface area contributed by atoms with Gasteiger partial charge < -0.3 is 5.73 Å². The molecular formula is C13H15BrClN. The number of allylic oxidation sites excluding steroid dienone is 1. The summed E-state index contributed by atoms with van der Waals surface area (Å²) in [5, 5.41) is 0.730. The molecule has 1 aromatic rings. The predicted octanol–water partition coefficient (Wildman–Crippen LogP) is 4.60. The Morgan fingerprint density at radius 2 is 2.12 bits per heavy atom. The predicted molar refractivity (Wildman–Crippen MR) is 72.6 cm³/mol. The fourth-order valence-electron chi connectivity index (χ4n) is 2.07. The zero-order valence-corrected chi connectivity index (χ0v) is 11.4. The van der Waals surface area contributed by atoms with Gasteiger partial charge in [0.25, 0.3) is 0 Å². The van der Waals surface area contributed by atoms with E-state index in [1.807, 2.05) is 18.2 Å². The van der Waals surface area contributed by atoms with Crippen molar-refractivity contribution in [3.05, 3.63) is 44.9 Å². The van der Waals surface area contributed by atoms with E-state index in [9.17, 15) is 0 Å². The maximum absolute atomic E-state index is 6.26. The molecule has 2 N–H and O–H groups in total. The zero-order chi connectivity index (χ0) is 11.5. The van der Waals surface area contributed by atoms with E-state index in [1.165, 1.54) is 18.4 Å². The Bertz CT molecular complexity index is 414. The first kappa shape index (κ1) is 12.2. The molecule has 1 unspecified atom stereocenters. The highest BCUT2D eigenvalue weighted by Gasteiger charge is 2.14. The number of hydrogen-bond acceptors (Lipinski definition) is 1. The molecule has 16 heavy (non-hydrogen) atoms. The first-order chi connectivity index (χ1) is 7.68. The van der Waals surface area contributed by atoms with Crippen LogP contribution >= 0.6 is 27.5 Å². The van der Waals surface area contributed by atoms with E-state index < -0.39 is 0 Å². The number of rotatable bonds is 2. The Kier molecular flexibility index (Phi) is 4.06. The second-order valence-corrected chi connectivity index (χ2v) is 5.44. The fourth-order valence-corrected chi connectivity index (χ4v) is 2.58. The van der Waals surface area contributed by atoms with E-state index in [0.717, 1.165) is 27.9 Å². The summed E-state index contributed by atoms with van der Waals surface area (Å²) >= 11 is 9.40. The standard InChI is InChI=1S/C13H15BrClN/c14-11-8-10(6-7-12(11)15)13(16)9-4-2-1-3-5-9/h4,6-8,13H,1-3,5,16H2. The van der Waals surface area contributed by atoms with Crippen LogP contribution in [0.25, 0.3) is 0 Å². The Morgan fingerprint density at radius 1 is 1.31 bits per heavy atom. The first-order valence-electron chi connectivity index (χ1n) is 5.58. The monoisotopic (exact) mass is 299 g/mol. The molecule has 0 bridgehead atoms. The topological polar surface area (TPSA) is 26.0 Å². The van der Waals surface area contributed by atoms with Crippen LogP contribution in [0.4, 0.5) is 0 Å². The molecular weight excluding hydrogens is 286 g/mol. The molecule has 86 valence electrons. The van der Waals surface area contributed by atoms with Crippen LogP contribution < -0.4 is 5.73 Å². The Hall–Kier alpha value is -0.310. The van der Waals surface area contributed by atoms with Gasteiger partial charge in [-0.05, 0) is 59.3 Å². The maximum atomic E-state index is 6.26. The largest absolute Gasteiger partial charge is 0.321 e. The van der Waals surface area contributed by atoms with Crippen LogP contribution in [0.15, 0.2) is 34.3 Å². The molecule has 1 aliphatic carbocycles. The van der Waals surface area contributed by atoms with Crippen LogP contribution in [0.3, 0.4) is 0 Å². The van der Waals surface area contributed by atoms with E-state index >= 15 is 0 Å². The van der Waals surface area contributed by atoms with Crippen LogP contribution in [-0.4, -0.2) is 0 Å². The maximum Gasteiger partial charge on any atom is 0.0548 e. The summed E-state index contributed by atoms with van der Waals surface area (Å²) < 4.78 is 0.915. The summed E-state index contributed by atoms with van der Waals surface area (Å²) in [5.41, 5.74) is 8.75. The van der Waals surface area contributed by atoms with Gasteiger partial charge in [0.05, 0.1) is 11.1 Å². The normalized spacial score (nSPS) is 18.1. The average molecular weight is 301 g/mol. The van der Waals surface area contributed by atoms with Gasteiger partial charge in [0, 0.05) is 4.47 Å². The highest BCUT2D eigenvalue weighted by molar-refractivity contribution is 9.10. The average Bonchev–Trinajstić information content (AvgIpc) is 2.33. The Morgan fingerprint density at radius 3 is 2.75 bits per heavy atom. The molecule has 0 aliphatic heterocycles. The summed E-state index contributed by atoms with van der Waals surface area (Å²) in [5.74, 6) is 0. The van der Waals surface area contributed by atoms with Crippen molar-refractivity contribution in [3.63, 3.8) is 0 Å². The molecule has 1 atom stereocenters. The molecule has 0 heterocycles. The van der Waals surface area contributed by atoms with E-state index in [1.54, 1.807) is 0 Å². The lowest BCUT2D eigenvalue weighted by Crippen LogP contribution is -2.14. The van der Waals surface area contributed by atoms with Crippen molar-refractivity contribution in [1.82, 2.24) is 0 Å². The highest BCUT2D eigenvalue weighted by Crippen LogP contribution is 2.31. The summed E-state index contributed by atoms with van der Waals surface area (Å²) in [6.45, 7) is 0. The lowest BCUT2D eigenvalue weighted by molar-refractivity contribution is 0.648. The number of nitrogens with two attached hydrogens (primary N) is 1. The van der Waals surface area contributed by atoms with Crippen LogP contribution in [0.2, 0.25) is 5.02 Å².